The summed E-state index contributed by atoms with van der Waals surface area (Å²) in [5.41, 5.74) is 0.646. The van der Waals surface area contributed by atoms with E-state index in [1.807, 2.05) is 6.92 Å². The number of nitrogens with one attached hydrogen (secondary N) is 1. The van der Waals surface area contributed by atoms with Gasteiger partial charge in [-0.25, -0.2) is 9.78 Å². The van der Waals surface area contributed by atoms with Crippen molar-refractivity contribution in [1.29, 1.82) is 0 Å². The number of allylic oxidation sites excluding steroid dienone is 1. The third-order valence-electron chi connectivity index (χ3n) is 2.61. The van der Waals surface area contributed by atoms with Gasteiger partial charge in [-0.05, 0) is 26.2 Å². The maximum absolute atomic E-state index is 12.0. The van der Waals surface area contributed by atoms with E-state index < -0.39 is 12.0 Å². The number of aryl methyl sites for hydroxylation is 2. The molecule has 0 radical (unpaired) electrons. The largest absolute Gasteiger partial charge is 0.480 e. The lowest BCUT2D eigenvalue weighted by Crippen LogP contribution is -2.40. The molecule has 5 nitrogen and oxygen atoms in total. The zero-order valence-corrected chi connectivity index (χ0v) is 11.9. The molecule has 0 saturated carbocycles. The molecule has 0 aliphatic carbocycles. The fourth-order valence-electron chi connectivity index (χ4n) is 1.58. The van der Waals surface area contributed by atoms with Crippen molar-refractivity contribution < 1.29 is 14.7 Å². The molecule has 104 valence electrons. The second kappa shape index (κ2) is 7.04. The Bertz CT molecular complexity index is 482. The summed E-state index contributed by atoms with van der Waals surface area (Å²) in [5, 5.41) is 12.5. The average Bonchev–Trinajstić information content (AvgIpc) is 2.75. The standard InChI is InChI=1S/C13H18N2O3S/c1-4-6-7-9(13(17)18)15-12(16)11-8(3)14-10(5-2)19-11/h4,9H,1,5-7H2,2-3H3,(H,15,16)(H,17,18). The first-order valence-corrected chi connectivity index (χ1v) is 6.92. The highest BCUT2D eigenvalue weighted by atomic mass is 32.1. The van der Waals surface area contributed by atoms with Crippen molar-refractivity contribution in [2.75, 3.05) is 0 Å². The molecule has 1 rings (SSSR count). The monoisotopic (exact) mass is 282 g/mol. The van der Waals surface area contributed by atoms with Gasteiger partial charge < -0.3 is 10.4 Å². The van der Waals surface area contributed by atoms with Gasteiger partial charge in [-0.1, -0.05) is 13.0 Å². The van der Waals surface area contributed by atoms with Crippen molar-refractivity contribution in [2.24, 2.45) is 0 Å². The summed E-state index contributed by atoms with van der Waals surface area (Å²) in [6.07, 6.45) is 3.27. The number of hydrogen-bond donors (Lipinski definition) is 2. The minimum absolute atomic E-state index is 0.336. The first kappa shape index (κ1) is 15.4. The first-order valence-electron chi connectivity index (χ1n) is 6.10. The molecule has 2 N–H and O–H groups in total. The Morgan fingerprint density at radius 3 is 2.74 bits per heavy atom. The SMILES string of the molecule is C=CCCC(NC(=O)c1sc(CC)nc1C)C(=O)O. The highest BCUT2D eigenvalue weighted by Gasteiger charge is 2.22. The van der Waals surface area contributed by atoms with Gasteiger partial charge in [0.2, 0.25) is 0 Å². The van der Waals surface area contributed by atoms with E-state index in [4.69, 9.17) is 5.11 Å². The summed E-state index contributed by atoms with van der Waals surface area (Å²) in [7, 11) is 0. The summed E-state index contributed by atoms with van der Waals surface area (Å²) in [6, 6.07) is -0.892. The van der Waals surface area contributed by atoms with Crippen molar-refractivity contribution in [1.82, 2.24) is 10.3 Å². The minimum atomic E-state index is -1.03. The Hall–Kier alpha value is -1.69. The number of thiazole rings is 1. The van der Waals surface area contributed by atoms with Crippen molar-refractivity contribution in [3.8, 4) is 0 Å². The van der Waals surface area contributed by atoms with Crippen LogP contribution in [0.3, 0.4) is 0 Å². The van der Waals surface area contributed by atoms with E-state index in [2.05, 4.69) is 16.9 Å². The van der Waals surface area contributed by atoms with Crippen LogP contribution in [0.4, 0.5) is 0 Å². The molecule has 0 fully saturated rings. The molecule has 0 spiro atoms. The minimum Gasteiger partial charge on any atom is -0.480 e. The van der Waals surface area contributed by atoms with Crippen LogP contribution < -0.4 is 5.32 Å². The van der Waals surface area contributed by atoms with Crippen LogP contribution in [0.2, 0.25) is 0 Å². The van der Waals surface area contributed by atoms with Gasteiger partial charge in [-0.3, -0.25) is 4.79 Å². The zero-order chi connectivity index (χ0) is 14.4. The van der Waals surface area contributed by atoms with Gasteiger partial charge in [-0.15, -0.1) is 17.9 Å². The second-order valence-electron chi connectivity index (χ2n) is 4.11. The van der Waals surface area contributed by atoms with Gasteiger partial charge in [0.05, 0.1) is 10.7 Å². The molecular formula is C13H18N2O3S. The van der Waals surface area contributed by atoms with Crippen LogP contribution in [-0.4, -0.2) is 28.0 Å². The number of carboxylic acid groups (broad SMARTS) is 1. The predicted molar refractivity (Wildman–Crippen MR) is 74.6 cm³/mol. The smallest absolute Gasteiger partial charge is 0.326 e. The van der Waals surface area contributed by atoms with Crippen molar-refractivity contribution in [2.45, 2.75) is 39.2 Å². The maximum Gasteiger partial charge on any atom is 0.326 e. The molecular weight excluding hydrogens is 264 g/mol. The Morgan fingerprint density at radius 2 is 2.26 bits per heavy atom. The lowest BCUT2D eigenvalue weighted by molar-refractivity contribution is -0.139. The lowest BCUT2D eigenvalue weighted by Gasteiger charge is -2.12. The van der Waals surface area contributed by atoms with Gasteiger partial charge in [0.25, 0.3) is 5.91 Å². The van der Waals surface area contributed by atoms with E-state index in [1.54, 1.807) is 13.0 Å². The van der Waals surface area contributed by atoms with Gasteiger partial charge >= 0.3 is 5.97 Å². The molecule has 0 bridgehead atoms. The third kappa shape index (κ3) is 4.17. The number of aliphatic carboxylic acids is 1. The Morgan fingerprint density at radius 1 is 1.58 bits per heavy atom. The third-order valence-corrected chi connectivity index (χ3v) is 3.91. The lowest BCUT2D eigenvalue weighted by atomic mass is 10.1. The number of nitrogens with zero attached hydrogens (tertiary/aromatic N) is 1. The molecule has 0 saturated heterocycles. The highest BCUT2D eigenvalue weighted by molar-refractivity contribution is 7.13. The van der Waals surface area contributed by atoms with Gasteiger partial charge in [-0.2, -0.15) is 0 Å². The summed E-state index contributed by atoms with van der Waals surface area (Å²) >= 11 is 1.31. The van der Waals surface area contributed by atoms with E-state index in [-0.39, 0.29) is 5.91 Å². The van der Waals surface area contributed by atoms with E-state index in [0.29, 0.717) is 23.4 Å². The van der Waals surface area contributed by atoms with Gasteiger partial charge in [0, 0.05) is 0 Å². The molecule has 1 aromatic rings. The molecule has 19 heavy (non-hydrogen) atoms. The van der Waals surface area contributed by atoms with Crippen molar-refractivity contribution in [3.63, 3.8) is 0 Å². The zero-order valence-electron chi connectivity index (χ0n) is 11.1. The van der Waals surface area contributed by atoms with Crippen LogP contribution >= 0.6 is 11.3 Å². The Labute approximate surface area is 116 Å². The van der Waals surface area contributed by atoms with Crippen LogP contribution in [0.25, 0.3) is 0 Å². The number of carbonyl (C=O) groups is 2. The molecule has 0 aliphatic heterocycles. The van der Waals surface area contributed by atoms with Gasteiger partial charge in [0.1, 0.15) is 10.9 Å². The first-order chi connectivity index (χ1) is 8.99. The molecule has 1 atom stereocenters. The van der Waals surface area contributed by atoms with Crippen molar-refractivity contribution >= 4 is 23.2 Å². The quantitative estimate of drug-likeness (QED) is 0.751. The van der Waals surface area contributed by atoms with E-state index in [9.17, 15) is 9.59 Å². The van der Waals surface area contributed by atoms with Crippen LogP contribution in [0, 0.1) is 6.92 Å². The predicted octanol–water partition coefficient (Wildman–Crippen LogP) is 2.16. The Balaban J connectivity index is 2.78. The summed E-state index contributed by atoms with van der Waals surface area (Å²) in [6.45, 7) is 7.26. The summed E-state index contributed by atoms with van der Waals surface area (Å²) in [5.74, 6) is -1.40. The van der Waals surface area contributed by atoms with E-state index in [1.165, 1.54) is 11.3 Å². The number of hydrogen-bond acceptors (Lipinski definition) is 4. The maximum atomic E-state index is 12.0. The molecule has 0 aromatic carbocycles. The molecule has 0 aliphatic rings. The number of rotatable bonds is 7. The van der Waals surface area contributed by atoms with Crippen LogP contribution in [-0.2, 0) is 11.2 Å². The fourth-order valence-corrected chi connectivity index (χ4v) is 2.49. The number of amides is 1. The van der Waals surface area contributed by atoms with E-state index >= 15 is 0 Å². The van der Waals surface area contributed by atoms with Crippen LogP contribution in [0.15, 0.2) is 12.7 Å². The normalized spacial score (nSPS) is 11.9. The molecule has 1 unspecified atom stereocenters. The molecule has 1 amide bonds. The number of aromatic nitrogens is 1. The van der Waals surface area contributed by atoms with Gasteiger partial charge in [0.15, 0.2) is 0 Å². The summed E-state index contributed by atoms with van der Waals surface area (Å²) < 4.78 is 0. The molecule has 6 heteroatoms. The highest BCUT2D eigenvalue weighted by Crippen LogP contribution is 2.18. The van der Waals surface area contributed by atoms with Crippen molar-refractivity contribution in [3.05, 3.63) is 28.2 Å². The number of carbonyl (C=O) groups excluding carboxylic acids is 1. The molecule has 1 heterocycles. The van der Waals surface area contributed by atoms with Crippen LogP contribution in [0.1, 0.15) is 40.1 Å². The number of carboxylic acids is 1. The van der Waals surface area contributed by atoms with Crippen LogP contribution in [0.5, 0.6) is 0 Å². The second-order valence-corrected chi connectivity index (χ2v) is 5.19. The Kier molecular flexibility index (Phi) is 5.69. The fraction of sp³-hybridized carbons (Fsp3) is 0.462. The average molecular weight is 282 g/mol. The molecule has 1 aromatic heterocycles. The topological polar surface area (TPSA) is 79.3 Å². The summed E-state index contributed by atoms with van der Waals surface area (Å²) in [4.78, 5) is 27.8. The van der Waals surface area contributed by atoms with E-state index in [0.717, 1.165) is 11.4 Å².